The lowest BCUT2D eigenvalue weighted by molar-refractivity contribution is 0.509. The summed E-state index contributed by atoms with van der Waals surface area (Å²) in [5, 5.41) is 7.66. The first-order valence-electron chi connectivity index (χ1n) is 5.65. The standard InChI is InChI=1S/C12H14ClFN4/c1-8(2)18-12(16-7-17-18)6-15-11-5-9(14)3-4-10(11)13/h3-5,7-8,15H,6H2,1-2H3. The first kappa shape index (κ1) is 12.8. The topological polar surface area (TPSA) is 42.7 Å². The maximum absolute atomic E-state index is 13.1. The summed E-state index contributed by atoms with van der Waals surface area (Å²) in [6, 6.07) is 4.43. The average molecular weight is 269 g/mol. The third-order valence-electron chi connectivity index (χ3n) is 2.50. The first-order valence-corrected chi connectivity index (χ1v) is 6.03. The Bertz CT molecular complexity index is 539. The minimum atomic E-state index is -0.327. The van der Waals surface area contributed by atoms with Gasteiger partial charge >= 0.3 is 0 Å². The molecule has 0 atom stereocenters. The Kier molecular flexibility index (Phi) is 3.81. The van der Waals surface area contributed by atoms with Gasteiger partial charge in [-0.3, -0.25) is 0 Å². The predicted octanol–water partition coefficient (Wildman–Crippen LogP) is 3.26. The van der Waals surface area contributed by atoms with E-state index in [-0.39, 0.29) is 11.9 Å². The second-order valence-electron chi connectivity index (χ2n) is 4.19. The largest absolute Gasteiger partial charge is 0.376 e. The summed E-state index contributed by atoms with van der Waals surface area (Å²) in [5.41, 5.74) is 0.551. The van der Waals surface area contributed by atoms with E-state index in [9.17, 15) is 4.39 Å². The van der Waals surface area contributed by atoms with Crippen LogP contribution in [0.2, 0.25) is 5.02 Å². The molecule has 0 aliphatic rings. The molecule has 1 heterocycles. The number of hydrogen-bond acceptors (Lipinski definition) is 3. The number of halogens is 2. The van der Waals surface area contributed by atoms with E-state index in [0.29, 0.717) is 17.3 Å². The van der Waals surface area contributed by atoms with Crippen LogP contribution in [0.15, 0.2) is 24.5 Å². The predicted molar refractivity (Wildman–Crippen MR) is 69.1 cm³/mol. The summed E-state index contributed by atoms with van der Waals surface area (Å²) in [5.74, 6) is 0.456. The Balaban J connectivity index is 2.11. The van der Waals surface area contributed by atoms with Crippen LogP contribution < -0.4 is 5.32 Å². The molecule has 2 rings (SSSR count). The summed E-state index contributed by atoms with van der Waals surface area (Å²) in [6.45, 7) is 4.49. The van der Waals surface area contributed by atoms with Gasteiger partial charge in [0.1, 0.15) is 18.0 Å². The van der Waals surface area contributed by atoms with Crippen LogP contribution in [0, 0.1) is 5.82 Å². The molecule has 0 aliphatic heterocycles. The molecule has 6 heteroatoms. The van der Waals surface area contributed by atoms with Gasteiger partial charge in [0.05, 0.1) is 17.3 Å². The van der Waals surface area contributed by atoms with Crippen molar-refractivity contribution in [3.63, 3.8) is 0 Å². The third kappa shape index (κ3) is 2.79. The fraction of sp³-hybridized carbons (Fsp3) is 0.333. The van der Waals surface area contributed by atoms with Gasteiger partial charge in [-0.25, -0.2) is 14.1 Å². The van der Waals surface area contributed by atoms with Crippen LogP contribution in [0.5, 0.6) is 0 Å². The van der Waals surface area contributed by atoms with Gasteiger partial charge in [0, 0.05) is 6.04 Å². The molecular formula is C12H14ClFN4. The number of anilines is 1. The Morgan fingerprint density at radius 3 is 2.94 bits per heavy atom. The van der Waals surface area contributed by atoms with Crippen LogP contribution in [0.25, 0.3) is 0 Å². The number of rotatable bonds is 4. The Hall–Kier alpha value is -1.62. The molecule has 0 amide bonds. The quantitative estimate of drug-likeness (QED) is 0.925. The number of nitrogens with one attached hydrogen (secondary N) is 1. The van der Waals surface area contributed by atoms with Crippen LogP contribution >= 0.6 is 11.6 Å². The van der Waals surface area contributed by atoms with E-state index in [0.717, 1.165) is 5.82 Å². The van der Waals surface area contributed by atoms with Crippen LogP contribution in [0.4, 0.5) is 10.1 Å². The highest BCUT2D eigenvalue weighted by Crippen LogP contribution is 2.22. The van der Waals surface area contributed by atoms with Crippen LogP contribution in [-0.2, 0) is 6.54 Å². The maximum Gasteiger partial charge on any atom is 0.146 e. The lowest BCUT2D eigenvalue weighted by Crippen LogP contribution is -2.12. The van der Waals surface area contributed by atoms with Crippen LogP contribution in [-0.4, -0.2) is 14.8 Å². The van der Waals surface area contributed by atoms with Crippen molar-refractivity contribution in [3.8, 4) is 0 Å². The fourth-order valence-electron chi connectivity index (χ4n) is 1.64. The van der Waals surface area contributed by atoms with E-state index in [2.05, 4.69) is 15.4 Å². The molecule has 0 saturated carbocycles. The number of aromatic nitrogens is 3. The normalized spacial score (nSPS) is 10.9. The van der Waals surface area contributed by atoms with Gasteiger partial charge in [-0.15, -0.1) is 0 Å². The van der Waals surface area contributed by atoms with Gasteiger partial charge in [0.2, 0.25) is 0 Å². The Morgan fingerprint density at radius 1 is 1.44 bits per heavy atom. The average Bonchev–Trinajstić information content (AvgIpc) is 2.79. The van der Waals surface area contributed by atoms with Crippen molar-refractivity contribution in [2.24, 2.45) is 0 Å². The number of nitrogens with zero attached hydrogens (tertiary/aromatic N) is 3. The van der Waals surface area contributed by atoms with E-state index in [1.54, 1.807) is 4.68 Å². The van der Waals surface area contributed by atoms with E-state index < -0.39 is 0 Å². The molecule has 4 nitrogen and oxygen atoms in total. The molecule has 0 saturated heterocycles. The third-order valence-corrected chi connectivity index (χ3v) is 2.83. The summed E-state index contributed by atoms with van der Waals surface area (Å²) < 4.78 is 14.9. The minimum absolute atomic E-state index is 0.229. The van der Waals surface area contributed by atoms with Gasteiger partial charge < -0.3 is 5.32 Å². The molecule has 18 heavy (non-hydrogen) atoms. The van der Waals surface area contributed by atoms with Crippen LogP contribution in [0.1, 0.15) is 25.7 Å². The molecule has 0 spiro atoms. The van der Waals surface area contributed by atoms with Crippen molar-refractivity contribution < 1.29 is 4.39 Å². The van der Waals surface area contributed by atoms with E-state index >= 15 is 0 Å². The minimum Gasteiger partial charge on any atom is -0.376 e. The summed E-state index contributed by atoms with van der Waals surface area (Å²) in [6.07, 6.45) is 1.50. The number of benzene rings is 1. The van der Waals surface area contributed by atoms with Crippen molar-refractivity contribution in [2.75, 3.05) is 5.32 Å². The molecule has 1 aromatic carbocycles. The molecule has 1 N–H and O–H groups in total. The molecule has 1 aromatic heterocycles. The molecule has 0 radical (unpaired) electrons. The molecule has 0 fully saturated rings. The second kappa shape index (κ2) is 5.35. The zero-order valence-corrected chi connectivity index (χ0v) is 10.9. The summed E-state index contributed by atoms with van der Waals surface area (Å²) >= 11 is 5.97. The molecule has 0 aliphatic carbocycles. The van der Waals surface area contributed by atoms with E-state index in [1.165, 1.54) is 24.5 Å². The van der Waals surface area contributed by atoms with Crippen molar-refractivity contribution >= 4 is 17.3 Å². The highest BCUT2D eigenvalue weighted by Gasteiger charge is 2.08. The second-order valence-corrected chi connectivity index (χ2v) is 4.60. The summed E-state index contributed by atoms with van der Waals surface area (Å²) in [7, 11) is 0. The monoisotopic (exact) mass is 268 g/mol. The van der Waals surface area contributed by atoms with Crippen LogP contribution in [0.3, 0.4) is 0 Å². The van der Waals surface area contributed by atoms with Gasteiger partial charge in [-0.05, 0) is 32.0 Å². The van der Waals surface area contributed by atoms with Gasteiger partial charge in [-0.1, -0.05) is 11.6 Å². The molecule has 0 unspecified atom stereocenters. The van der Waals surface area contributed by atoms with Crippen molar-refractivity contribution in [1.82, 2.24) is 14.8 Å². The zero-order chi connectivity index (χ0) is 13.1. The molecule has 2 aromatic rings. The van der Waals surface area contributed by atoms with Gasteiger partial charge in [-0.2, -0.15) is 5.10 Å². The van der Waals surface area contributed by atoms with Crippen molar-refractivity contribution in [2.45, 2.75) is 26.4 Å². The highest BCUT2D eigenvalue weighted by molar-refractivity contribution is 6.33. The first-order chi connectivity index (χ1) is 8.58. The van der Waals surface area contributed by atoms with Crippen molar-refractivity contribution in [3.05, 3.63) is 41.2 Å². The molecular weight excluding hydrogens is 255 g/mol. The van der Waals surface area contributed by atoms with Gasteiger partial charge in [0.25, 0.3) is 0 Å². The molecule has 0 bridgehead atoms. The molecule has 96 valence electrons. The summed E-state index contributed by atoms with van der Waals surface area (Å²) in [4.78, 5) is 4.16. The lowest BCUT2D eigenvalue weighted by atomic mass is 10.3. The van der Waals surface area contributed by atoms with E-state index in [4.69, 9.17) is 11.6 Å². The lowest BCUT2D eigenvalue weighted by Gasteiger charge is -2.11. The maximum atomic E-state index is 13.1. The Labute approximate surface area is 110 Å². The van der Waals surface area contributed by atoms with Gasteiger partial charge in [0.15, 0.2) is 0 Å². The smallest absolute Gasteiger partial charge is 0.146 e. The zero-order valence-electron chi connectivity index (χ0n) is 10.2. The SMILES string of the molecule is CC(C)n1ncnc1CNc1cc(F)ccc1Cl. The Morgan fingerprint density at radius 2 is 2.22 bits per heavy atom. The number of hydrogen-bond donors (Lipinski definition) is 1. The van der Waals surface area contributed by atoms with E-state index in [1.807, 2.05) is 13.8 Å². The fourth-order valence-corrected chi connectivity index (χ4v) is 1.82. The van der Waals surface area contributed by atoms with Crippen molar-refractivity contribution in [1.29, 1.82) is 0 Å². The highest BCUT2D eigenvalue weighted by atomic mass is 35.5.